The van der Waals surface area contributed by atoms with E-state index < -0.39 is 11.7 Å². The number of nitrogens with one attached hydrogen (secondary N) is 3. The molecule has 9 heteroatoms. The Bertz CT molecular complexity index is 1150. The molecule has 1 aliphatic rings. The third-order valence-electron chi connectivity index (χ3n) is 4.64. The number of H-pyrrole nitrogens is 1. The second-order valence-electron chi connectivity index (χ2n) is 6.88. The standard InChI is InChI=1S/C21H19FN6O2/c1-12-6-8-16(9-7-12)28-17(29)11-23-20(27-28)21(30)24-19-18(13(2)25-26-19)14-4-3-5-15(22)10-14/h3-10H,11H2,1-2H3,(H,23,27)(H2,24,25,26,30). The van der Waals surface area contributed by atoms with E-state index in [2.05, 4.69) is 25.9 Å². The Morgan fingerprint density at radius 1 is 1.17 bits per heavy atom. The Morgan fingerprint density at radius 3 is 2.67 bits per heavy atom. The summed E-state index contributed by atoms with van der Waals surface area (Å²) < 4.78 is 13.7. The van der Waals surface area contributed by atoms with Crippen molar-refractivity contribution in [2.45, 2.75) is 13.8 Å². The molecular weight excluding hydrogens is 387 g/mol. The van der Waals surface area contributed by atoms with Crippen LogP contribution in [0.4, 0.5) is 15.9 Å². The van der Waals surface area contributed by atoms with E-state index in [0.29, 0.717) is 22.5 Å². The zero-order valence-corrected chi connectivity index (χ0v) is 16.4. The molecule has 1 aromatic heterocycles. The molecule has 0 atom stereocenters. The maximum atomic E-state index is 13.7. The highest BCUT2D eigenvalue weighted by Crippen LogP contribution is 2.29. The largest absolute Gasteiger partial charge is 0.302 e. The van der Waals surface area contributed by atoms with Crippen LogP contribution in [0, 0.1) is 19.7 Å². The molecule has 0 saturated carbocycles. The van der Waals surface area contributed by atoms with Crippen LogP contribution in [-0.2, 0) is 9.59 Å². The van der Waals surface area contributed by atoms with Crippen molar-refractivity contribution in [1.82, 2.24) is 15.6 Å². The van der Waals surface area contributed by atoms with Gasteiger partial charge in [0.05, 0.1) is 5.69 Å². The van der Waals surface area contributed by atoms with Gasteiger partial charge in [-0.15, -0.1) is 0 Å². The quantitative estimate of drug-likeness (QED) is 0.620. The topological polar surface area (TPSA) is 102 Å². The monoisotopic (exact) mass is 406 g/mol. The van der Waals surface area contributed by atoms with Gasteiger partial charge < -0.3 is 5.32 Å². The minimum absolute atomic E-state index is 0.0268. The van der Waals surface area contributed by atoms with Gasteiger partial charge in [0.25, 0.3) is 11.8 Å². The maximum absolute atomic E-state index is 13.7. The molecule has 0 saturated heterocycles. The van der Waals surface area contributed by atoms with Gasteiger partial charge in [-0.1, -0.05) is 29.8 Å². The molecule has 2 heterocycles. The number of hydrogen-bond acceptors (Lipinski definition) is 5. The van der Waals surface area contributed by atoms with Crippen molar-refractivity contribution in [3.63, 3.8) is 0 Å². The number of aliphatic imine (C=N–C) groups is 1. The number of hydrogen-bond donors (Lipinski definition) is 3. The minimum Gasteiger partial charge on any atom is -0.302 e. The average molecular weight is 406 g/mol. The number of aromatic amines is 1. The lowest BCUT2D eigenvalue weighted by molar-refractivity contribution is -0.118. The lowest BCUT2D eigenvalue weighted by Gasteiger charge is -2.27. The van der Waals surface area contributed by atoms with Crippen LogP contribution in [0.25, 0.3) is 11.1 Å². The van der Waals surface area contributed by atoms with Crippen LogP contribution < -0.4 is 15.8 Å². The second kappa shape index (κ2) is 7.78. The van der Waals surface area contributed by atoms with Crippen LogP contribution in [0.15, 0.2) is 53.5 Å². The van der Waals surface area contributed by atoms with Crippen molar-refractivity contribution in [2.75, 3.05) is 16.9 Å². The highest BCUT2D eigenvalue weighted by molar-refractivity contribution is 6.43. The Balaban J connectivity index is 1.56. The number of hydrazine groups is 1. The van der Waals surface area contributed by atoms with Crippen LogP contribution >= 0.6 is 0 Å². The first kappa shape index (κ1) is 19.3. The number of halogens is 1. The molecule has 2 amide bonds. The smallest absolute Gasteiger partial charge is 0.293 e. The number of nitrogens with zero attached hydrogens (tertiary/aromatic N) is 3. The zero-order chi connectivity index (χ0) is 21.3. The van der Waals surface area contributed by atoms with Gasteiger partial charge in [0.1, 0.15) is 12.4 Å². The number of carbonyl (C=O) groups is 2. The predicted molar refractivity (Wildman–Crippen MR) is 111 cm³/mol. The van der Waals surface area contributed by atoms with Crippen molar-refractivity contribution in [1.29, 1.82) is 0 Å². The number of aromatic nitrogens is 2. The summed E-state index contributed by atoms with van der Waals surface area (Å²) in [5.41, 5.74) is 6.23. The summed E-state index contributed by atoms with van der Waals surface area (Å²) in [6.07, 6.45) is 0. The molecule has 4 rings (SSSR count). The Hall–Kier alpha value is -4.01. The third kappa shape index (κ3) is 3.77. The first-order chi connectivity index (χ1) is 14.4. The highest BCUT2D eigenvalue weighted by atomic mass is 19.1. The van der Waals surface area contributed by atoms with Gasteiger partial charge >= 0.3 is 0 Å². The minimum atomic E-state index is -0.566. The number of carbonyl (C=O) groups excluding carboxylic acids is 2. The molecule has 0 fully saturated rings. The van der Waals surface area contributed by atoms with Gasteiger partial charge in [-0.05, 0) is 43.7 Å². The van der Waals surface area contributed by atoms with E-state index in [1.807, 2.05) is 19.1 Å². The lowest BCUT2D eigenvalue weighted by atomic mass is 10.1. The second-order valence-corrected chi connectivity index (χ2v) is 6.88. The van der Waals surface area contributed by atoms with Crippen molar-refractivity contribution in [3.8, 4) is 11.1 Å². The molecule has 0 spiro atoms. The average Bonchev–Trinajstić information content (AvgIpc) is 3.09. The van der Waals surface area contributed by atoms with Gasteiger partial charge in [0.15, 0.2) is 5.82 Å². The van der Waals surface area contributed by atoms with Crippen LogP contribution in [0.2, 0.25) is 0 Å². The molecule has 0 radical (unpaired) electrons. The molecular formula is C21H19FN6O2. The van der Waals surface area contributed by atoms with Gasteiger partial charge in [-0.25, -0.2) is 9.40 Å². The number of rotatable bonds is 4. The molecule has 0 aliphatic carbocycles. The van der Waals surface area contributed by atoms with E-state index >= 15 is 0 Å². The summed E-state index contributed by atoms with van der Waals surface area (Å²) in [6.45, 7) is 3.55. The summed E-state index contributed by atoms with van der Waals surface area (Å²) in [5.74, 6) is -1.03. The van der Waals surface area contributed by atoms with Crippen LogP contribution in [0.3, 0.4) is 0 Å². The molecule has 3 N–H and O–H groups in total. The number of benzene rings is 2. The number of amidine groups is 1. The Labute approximate surface area is 171 Å². The van der Waals surface area contributed by atoms with Crippen LogP contribution in [0.5, 0.6) is 0 Å². The summed E-state index contributed by atoms with van der Waals surface area (Å²) in [6, 6.07) is 13.3. The first-order valence-corrected chi connectivity index (χ1v) is 9.25. The van der Waals surface area contributed by atoms with E-state index in [0.717, 1.165) is 5.56 Å². The number of amides is 2. The van der Waals surface area contributed by atoms with E-state index in [1.54, 1.807) is 31.2 Å². The van der Waals surface area contributed by atoms with E-state index in [1.165, 1.54) is 17.1 Å². The summed E-state index contributed by atoms with van der Waals surface area (Å²) >= 11 is 0. The lowest BCUT2D eigenvalue weighted by Crippen LogP contribution is -2.54. The number of anilines is 2. The molecule has 152 valence electrons. The molecule has 30 heavy (non-hydrogen) atoms. The Morgan fingerprint density at radius 2 is 1.93 bits per heavy atom. The van der Waals surface area contributed by atoms with Crippen molar-refractivity contribution >= 4 is 29.2 Å². The van der Waals surface area contributed by atoms with Crippen molar-refractivity contribution in [2.24, 2.45) is 4.99 Å². The molecule has 0 unspecified atom stereocenters. The molecule has 2 aromatic carbocycles. The summed E-state index contributed by atoms with van der Waals surface area (Å²) in [4.78, 5) is 29.1. The van der Waals surface area contributed by atoms with E-state index in [-0.39, 0.29) is 24.1 Å². The number of aryl methyl sites for hydroxylation is 2. The zero-order valence-electron chi connectivity index (χ0n) is 16.4. The SMILES string of the molecule is Cc1ccc(N2NC(C(=O)Nc3n[nH]c(C)c3-c3cccc(F)c3)=NCC2=O)cc1. The van der Waals surface area contributed by atoms with Crippen molar-refractivity contribution in [3.05, 3.63) is 65.6 Å². The van der Waals surface area contributed by atoms with Crippen LogP contribution in [-0.4, -0.2) is 34.4 Å². The first-order valence-electron chi connectivity index (χ1n) is 9.25. The third-order valence-corrected chi connectivity index (χ3v) is 4.64. The van der Waals surface area contributed by atoms with Crippen molar-refractivity contribution < 1.29 is 14.0 Å². The molecule has 3 aromatic rings. The normalized spacial score (nSPS) is 13.6. The fraction of sp³-hybridized carbons (Fsp3) is 0.143. The van der Waals surface area contributed by atoms with Gasteiger partial charge in [0, 0.05) is 11.3 Å². The molecule has 1 aliphatic heterocycles. The summed E-state index contributed by atoms with van der Waals surface area (Å²) in [7, 11) is 0. The van der Waals surface area contributed by atoms with E-state index in [9.17, 15) is 14.0 Å². The molecule has 8 nitrogen and oxygen atoms in total. The molecule has 0 bridgehead atoms. The van der Waals surface area contributed by atoms with E-state index in [4.69, 9.17) is 0 Å². The Kier molecular flexibility index (Phi) is 5.01. The maximum Gasteiger partial charge on any atom is 0.293 e. The highest BCUT2D eigenvalue weighted by Gasteiger charge is 2.27. The summed E-state index contributed by atoms with van der Waals surface area (Å²) in [5, 5.41) is 10.9. The van der Waals surface area contributed by atoms with Gasteiger partial charge in [0.2, 0.25) is 5.84 Å². The van der Waals surface area contributed by atoms with Gasteiger partial charge in [-0.3, -0.25) is 25.1 Å². The fourth-order valence-electron chi connectivity index (χ4n) is 3.13. The van der Waals surface area contributed by atoms with Gasteiger partial charge in [-0.2, -0.15) is 5.10 Å². The predicted octanol–water partition coefficient (Wildman–Crippen LogP) is 2.72. The van der Waals surface area contributed by atoms with Crippen LogP contribution in [0.1, 0.15) is 11.3 Å². The fourth-order valence-corrected chi connectivity index (χ4v) is 3.13.